The summed E-state index contributed by atoms with van der Waals surface area (Å²) in [5, 5.41) is 79.3. The van der Waals surface area contributed by atoms with Crippen molar-refractivity contribution < 1.29 is 40.5 Å². The molecule has 0 radical (unpaired) electrons. The predicted octanol–water partition coefficient (Wildman–Crippen LogP) is 7.22. The van der Waals surface area contributed by atoms with E-state index in [9.17, 15) is 40.5 Å². The second-order valence-corrected chi connectivity index (χ2v) is 17.7. The molecule has 2 aliphatic carbocycles. The maximum absolute atomic E-state index is 12.6. The van der Waals surface area contributed by atoms with Crippen molar-refractivity contribution in [1.82, 2.24) is 5.32 Å². The number of aryl methyl sites for hydroxylation is 1. The zero-order chi connectivity index (χ0) is 41.7. The van der Waals surface area contributed by atoms with Crippen molar-refractivity contribution in [2.45, 2.75) is 159 Å². The lowest BCUT2D eigenvalue weighted by Gasteiger charge is -2.40. The highest BCUT2D eigenvalue weighted by atomic mass is 16.4. The zero-order valence-electron chi connectivity index (χ0n) is 34.8. The van der Waals surface area contributed by atoms with Gasteiger partial charge in [-0.25, -0.2) is 0 Å². The van der Waals surface area contributed by atoms with Crippen LogP contribution in [0.25, 0.3) is 0 Å². The number of aliphatic carboxylic acids is 1. The van der Waals surface area contributed by atoms with Crippen LogP contribution in [0.1, 0.15) is 144 Å². The number of carbonyl (C=O) groups is 1. The number of rotatable bonds is 18. The van der Waals surface area contributed by atoms with Crippen LogP contribution in [0, 0.1) is 23.2 Å². The molecule has 7 atom stereocenters. The van der Waals surface area contributed by atoms with Crippen molar-refractivity contribution in [2.75, 3.05) is 19.8 Å². The molecule has 2 bridgehead atoms. The highest BCUT2D eigenvalue weighted by Crippen LogP contribution is 2.47. The summed E-state index contributed by atoms with van der Waals surface area (Å²) < 4.78 is 0. The number of hydrogen-bond acceptors (Lipinski definition) is 8. The Morgan fingerprint density at radius 1 is 1.02 bits per heavy atom. The third-order valence-corrected chi connectivity index (χ3v) is 13.2. The van der Waals surface area contributed by atoms with Crippen molar-refractivity contribution >= 4 is 5.97 Å². The van der Waals surface area contributed by atoms with E-state index in [0.29, 0.717) is 31.2 Å². The SMILES string of the molecule is CCCCCC(O)C=CC1=C(CC(O)CO)C2NCC(C)(O)C(c3ccc(O)cc3CCO)C#CC(CC2CCCC2(CC(=O)O)CCCC2)c2ccccc2CC1. The number of aliphatic hydroxyl groups is 5. The molecule has 5 rings (SSSR count). The predicted molar refractivity (Wildman–Crippen MR) is 228 cm³/mol. The van der Waals surface area contributed by atoms with Crippen LogP contribution in [-0.2, 0) is 17.6 Å². The van der Waals surface area contributed by atoms with Gasteiger partial charge >= 0.3 is 5.97 Å². The van der Waals surface area contributed by atoms with Crippen LogP contribution in [-0.4, -0.2) is 85.3 Å². The molecule has 0 saturated heterocycles. The maximum atomic E-state index is 12.6. The first-order chi connectivity index (χ1) is 27.9. The zero-order valence-corrected chi connectivity index (χ0v) is 34.8. The summed E-state index contributed by atoms with van der Waals surface area (Å²) in [7, 11) is 0. The van der Waals surface area contributed by atoms with E-state index < -0.39 is 36.3 Å². The molecule has 8 N–H and O–H groups in total. The van der Waals surface area contributed by atoms with Crippen LogP contribution in [0.15, 0.2) is 65.8 Å². The number of fused-ring (bicyclic) bond motifs is 5. The van der Waals surface area contributed by atoms with Gasteiger partial charge in [-0.05, 0) is 128 Å². The van der Waals surface area contributed by atoms with Crippen LogP contribution in [0.2, 0.25) is 0 Å². The monoisotopic (exact) mass is 800 g/mol. The van der Waals surface area contributed by atoms with Gasteiger partial charge in [0, 0.05) is 25.1 Å². The first-order valence-electron chi connectivity index (χ1n) is 21.9. The minimum atomic E-state index is -1.43. The standard InChI is InChI=1S/C49H69NO8/c1-3-4-5-13-39(53)19-17-35-16-15-34-11-6-7-14-42(34)36-18-22-45(43-21-20-40(54)29-37(43)23-27-51)48(2,58)33-50-47(44(35)30-41(55)32-52)38(28-36)12-10-26-49(31-46(56)57)24-8-9-25-49/h6-7,11,14,17,19-21,29,36,38-39,41,45,47,50-55,58H,3-5,8-10,12-13,15-16,23-28,30-33H2,1-2H3,(H,56,57). The molecule has 1 aliphatic heterocycles. The molecule has 0 spiro atoms. The van der Waals surface area contributed by atoms with Gasteiger partial charge in [-0.15, -0.1) is 0 Å². The fourth-order valence-corrected chi connectivity index (χ4v) is 10.1. The van der Waals surface area contributed by atoms with Gasteiger partial charge in [0.15, 0.2) is 0 Å². The molecule has 0 aromatic heterocycles. The van der Waals surface area contributed by atoms with E-state index in [0.717, 1.165) is 92.0 Å². The Morgan fingerprint density at radius 3 is 2.52 bits per heavy atom. The van der Waals surface area contributed by atoms with Crippen molar-refractivity contribution in [3.05, 3.63) is 88.0 Å². The fraction of sp³-hybridized carbons (Fsp3) is 0.612. The summed E-state index contributed by atoms with van der Waals surface area (Å²) in [5.41, 5.74) is 4.01. The van der Waals surface area contributed by atoms with Crippen LogP contribution in [0.4, 0.5) is 0 Å². The Labute approximate surface area is 346 Å². The van der Waals surface area contributed by atoms with Crippen molar-refractivity contribution in [3.63, 3.8) is 0 Å². The number of phenolic OH excluding ortho intramolecular Hbond substituents is 1. The van der Waals surface area contributed by atoms with E-state index in [2.05, 4.69) is 36.2 Å². The molecular formula is C49H69NO8. The number of β-amino-alcohol motifs (C(OH)–C–C–N with tert-alkyl or cyclic N) is 1. The third-order valence-electron chi connectivity index (χ3n) is 13.2. The second-order valence-electron chi connectivity index (χ2n) is 17.7. The summed E-state index contributed by atoms with van der Waals surface area (Å²) in [6.07, 6.45) is 14.8. The van der Waals surface area contributed by atoms with Gasteiger partial charge in [-0.3, -0.25) is 4.79 Å². The number of carboxylic acid groups (broad SMARTS) is 1. The molecule has 1 fully saturated rings. The second kappa shape index (κ2) is 21.7. The molecule has 318 valence electrons. The number of nitrogens with one attached hydrogen (secondary N) is 1. The van der Waals surface area contributed by atoms with Crippen LogP contribution >= 0.6 is 0 Å². The first-order valence-corrected chi connectivity index (χ1v) is 21.9. The van der Waals surface area contributed by atoms with Gasteiger partial charge in [0.1, 0.15) is 5.75 Å². The minimum Gasteiger partial charge on any atom is -0.508 e. The smallest absolute Gasteiger partial charge is 0.303 e. The average Bonchev–Trinajstić information content (AvgIpc) is 3.64. The van der Waals surface area contributed by atoms with Crippen LogP contribution < -0.4 is 5.32 Å². The molecule has 2 aromatic rings. The lowest BCUT2D eigenvalue weighted by Crippen LogP contribution is -2.50. The number of hydrogen-bond donors (Lipinski definition) is 8. The van der Waals surface area contributed by atoms with E-state index in [4.69, 9.17) is 0 Å². The van der Waals surface area contributed by atoms with Gasteiger partial charge < -0.3 is 41.1 Å². The molecule has 1 heterocycles. The number of allylic oxidation sites excluding steroid dienone is 2. The van der Waals surface area contributed by atoms with Crippen molar-refractivity contribution in [2.24, 2.45) is 11.3 Å². The van der Waals surface area contributed by atoms with Gasteiger partial charge in [0.2, 0.25) is 0 Å². The highest BCUT2D eigenvalue weighted by molar-refractivity contribution is 5.67. The normalized spacial score (nSPS) is 25.8. The van der Waals surface area contributed by atoms with Gasteiger partial charge in [-0.1, -0.05) is 99.8 Å². The number of unbranched alkanes of at least 4 members (excludes halogenated alkanes) is 2. The van der Waals surface area contributed by atoms with E-state index in [1.807, 2.05) is 24.3 Å². The molecular weight excluding hydrogens is 731 g/mol. The van der Waals surface area contributed by atoms with E-state index in [1.165, 1.54) is 0 Å². The number of carboxylic acids is 1. The minimum absolute atomic E-state index is 0.0431. The van der Waals surface area contributed by atoms with E-state index >= 15 is 0 Å². The number of benzene rings is 2. The van der Waals surface area contributed by atoms with Crippen LogP contribution in [0.5, 0.6) is 5.75 Å². The number of phenols is 1. The molecule has 58 heavy (non-hydrogen) atoms. The summed E-state index contributed by atoms with van der Waals surface area (Å²) >= 11 is 0. The third kappa shape index (κ3) is 12.3. The van der Waals surface area contributed by atoms with Gasteiger partial charge in [-0.2, -0.15) is 0 Å². The molecule has 9 heteroatoms. The Balaban J connectivity index is 1.69. The largest absolute Gasteiger partial charge is 0.508 e. The molecule has 2 aromatic carbocycles. The lowest BCUT2D eigenvalue weighted by molar-refractivity contribution is -0.139. The highest BCUT2D eigenvalue weighted by Gasteiger charge is 2.40. The lowest BCUT2D eigenvalue weighted by atomic mass is 9.72. The average molecular weight is 800 g/mol. The van der Waals surface area contributed by atoms with Crippen molar-refractivity contribution in [3.8, 4) is 17.6 Å². The van der Waals surface area contributed by atoms with Gasteiger partial charge in [0.05, 0.1) is 36.8 Å². The number of aliphatic hydroxyl groups excluding tert-OH is 4. The number of aromatic hydroxyl groups is 1. The maximum Gasteiger partial charge on any atom is 0.303 e. The summed E-state index contributed by atoms with van der Waals surface area (Å²) in [6.45, 7) is 3.50. The summed E-state index contributed by atoms with van der Waals surface area (Å²) in [6, 6.07) is 13.1. The van der Waals surface area contributed by atoms with Crippen molar-refractivity contribution in [1.29, 1.82) is 0 Å². The summed E-state index contributed by atoms with van der Waals surface area (Å²) in [4.78, 5) is 12.1. The van der Waals surface area contributed by atoms with E-state index in [1.54, 1.807) is 25.1 Å². The van der Waals surface area contributed by atoms with Gasteiger partial charge in [0.25, 0.3) is 0 Å². The van der Waals surface area contributed by atoms with E-state index in [-0.39, 0.29) is 61.5 Å². The Morgan fingerprint density at radius 2 is 1.79 bits per heavy atom. The molecule has 9 nitrogen and oxygen atoms in total. The Hall–Kier alpha value is -3.49. The van der Waals surface area contributed by atoms with Crippen LogP contribution in [0.3, 0.4) is 0 Å². The molecule has 7 unspecified atom stereocenters. The Kier molecular flexibility index (Phi) is 17.0. The first kappa shape index (κ1) is 45.6. The summed E-state index contributed by atoms with van der Waals surface area (Å²) in [5.74, 6) is 5.60. The molecule has 3 aliphatic rings. The topological polar surface area (TPSA) is 171 Å². The molecule has 1 saturated carbocycles. The fourth-order valence-electron chi connectivity index (χ4n) is 10.1. The molecule has 0 amide bonds. The Bertz CT molecular complexity index is 1760. The quantitative estimate of drug-likeness (QED) is 0.0573.